The van der Waals surface area contributed by atoms with Gasteiger partial charge in [0.2, 0.25) is 0 Å². The SMILES string of the molecule is COCCOC(=O)C1=C(C)N=c2sc(=Cc3cccc(Cl)c3Cl)c(=O)n2C1c1ccc(Cl)cc1. The Kier molecular flexibility index (Phi) is 7.60. The number of esters is 1. The van der Waals surface area contributed by atoms with Gasteiger partial charge in [0, 0.05) is 12.1 Å². The molecule has 0 amide bonds. The Bertz CT molecular complexity index is 1460. The number of hydrogen-bond donors (Lipinski definition) is 0. The van der Waals surface area contributed by atoms with Crippen LogP contribution in [0.1, 0.15) is 24.1 Å². The second kappa shape index (κ2) is 10.5. The molecule has 0 saturated carbocycles. The van der Waals surface area contributed by atoms with Gasteiger partial charge in [-0.2, -0.15) is 0 Å². The van der Waals surface area contributed by atoms with E-state index in [1.807, 2.05) is 0 Å². The van der Waals surface area contributed by atoms with Crippen LogP contribution in [0.5, 0.6) is 0 Å². The highest BCUT2D eigenvalue weighted by atomic mass is 35.5. The number of rotatable bonds is 6. The summed E-state index contributed by atoms with van der Waals surface area (Å²) in [5, 5.41) is 1.28. The van der Waals surface area contributed by atoms with Crippen LogP contribution in [0.4, 0.5) is 0 Å². The zero-order chi connectivity index (χ0) is 24.4. The van der Waals surface area contributed by atoms with Crippen molar-refractivity contribution >= 4 is 58.2 Å². The molecule has 10 heteroatoms. The second-order valence-electron chi connectivity index (χ2n) is 7.41. The van der Waals surface area contributed by atoms with Gasteiger partial charge >= 0.3 is 5.97 Å². The summed E-state index contributed by atoms with van der Waals surface area (Å²) in [7, 11) is 1.52. The second-order valence-corrected chi connectivity index (χ2v) is 9.64. The normalized spacial score (nSPS) is 15.8. The molecule has 1 aliphatic heterocycles. The van der Waals surface area contributed by atoms with Gasteiger partial charge in [-0.05, 0) is 42.3 Å². The maximum atomic E-state index is 13.6. The number of ether oxygens (including phenoxy) is 2. The van der Waals surface area contributed by atoms with Crippen molar-refractivity contribution in [2.45, 2.75) is 13.0 Å². The number of thiazole rings is 1. The van der Waals surface area contributed by atoms with Crippen LogP contribution in [-0.4, -0.2) is 30.9 Å². The highest BCUT2D eigenvalue weighted by Gasteiger charge is 2.33. The van der Waals surface area contributed by atoms with E-state index >= 15 is 0 Å². The first kappa shape index (κ1) is 24.7. The van der Waals surface area contributed by atoms with Crippen molar-refractivity contribution in [3.8, 4) is 0 Å². The standard InChI is InChI=1S/C24H19Cl3N2O4S/c1-13-19(23(31)33-11-10-32-2)21(14-6-8-16(25)9-7-14)29-22(30)18(34-24(29)28-13)12-15-4-3-5-17(26)20(15)27/h3-9,12,21H,10-11H2,1-2H3. The van der Waals surface area contributed by atoms with Crippen LogP contribution in [-0.2, 0) is 14.3 Å². The number of aromatic nitrogens is 1. The van der Waals surface area contributed by atoms with E-state index in [0.29, 0.717) is 41.2 Å². The molecule has 2 aromatic carbocycles. The quantitative estimate of drug-likeness (QED) is 0.346. The molecule has 0 N–H and O–H groups in total. The predicted molar refractivity (Wildman–Crippen MR) is 135 cm³/mol. The molecular weight excluding hydrogens is 519 g/mol. The third kappa shape index (κ3) is 4.85. The number of fused-ring (bicyclic) bond motifs is 1. The summed E-state index contributed by atoms with van der Waals surface area (Å²) in [5.41, 5.74) is 1.74. The molecule has 6 nitrogen and oxygen atoms in total. The summed E-state index contributed by atoms with van der Waals surface area (Å²) in [6.45, 7) is 2.06. The molecule has 0 aliphatic carbocycles. The molecule has 1 atom stereocenters. The molecule has 0 bridgehead atoms. The number of carbonyl (C=O) groups is 1. The zero-order valence-corrected chi connectivity index (χ0v) is 21.3. The van der Waals surface area contributed by atoms with E-state index in [1.165, 1.54) is 23.0 Å². The molecule has 2 heterocycles. The number of halogens is 3. The van der Waals surface area contributed by atoms with Crippen LogP contribution in [0, 0.1) is 0 Å². The molecular formula is C24H19Cl3N2O4S. The molecule has 34 heavy (non-hydrogen) atoms. The van der Waals surface area contributed by atoms with Crippen molar-refractivity contribution in [3.63, 3.8) is 0 Å². The topological polar surface area (TPSA) is 69.9 Å². The van der Waals surface area contributed by atoms with Crippen molar-refractivity contribution < 1.29 is 14.3 Å². The fourth-order valence-corrected chi connectivity index (χ4v) is 5.14. The minimum atomic E-state index is -0.736. The lowest BCUT2D eigenvalue weighted by molar-refractivity contribution is -0.140. The summed E-state index contributed by atoms with van der Waals surface area (Å²) >= 11 is 19.8. The Balaban J connectivity index is 1.90. The largest absolute Gasteiger partial charge is 0.460 e. The van der Waals surface area contributed by atoms with Gasteiger partial charge in [-0.15, -0.1) is 0 Å². The maximum Gasteiger partial charge on any atom is 0.338 e. The van der Waals surface area contributed by atoms with E-state index in [4.69, 9.17) is 44.3 Å². The summed E-state index contributed by atoms with van der Waals surface area (Å²) in [6, 6.07) is 11.4. The third-order valence-electron chi connectivity index (χ3n) is 5.22. The van der Waals surface area contributed by atoms with Gasteiger partial charge < -0.3 is 9.47 Å². The van der Waals surface area contributed by atoms with Crippen LogP contribution in [0.2, 0.25) is 15.1 Å². The lowest BCUT2D eigenvalue weighted by Crippen LogP contribution is -2.40. The molecule has 1 aromatic heterocycles. The minimum Gasteiger partial charge on any atom is -0.460 e. The minimum absolute atomic E-state index is 0.0805. The Morgan fingerprint density at radius 2 is 1.88 bits per heavy atom. The molecule has 0 radical (unpaired) electrons. The van der Waals surface area contributed by atoms with Gasteiger partial charge in [-0.25, -0.2) is 9.79 Å². The first-order valence-corrected chi connectivity index (χ1v) is 12.1. The van der Waals surface area contributed by atoms with Gasteiger partial charge in [-0.1, -0.05) is 70.4 Å². The lowest BCUT2D eigenvalue weighted by atomic mass is 9.96. The van der Waals surface area contributed by atoms with Crippen LogP contribution in [0.25, 0.3) is 6.08 Å². The van der Waals surface area contributed by atoms with Crippen molar-refractivity contribution in [1.29, 1.82) is 0 Å². The van der Waals surface area contributed by atoms with E-state index in [1.54, 1.807) is 55.5 Å². The van der Waals surface area contributed by atoms with Crippen molar-refractivity contribution in [2.75, 3.05) is 20.3 Å². The van der Waals surface area contributed by atoms with Crippen LogP contribution in [0.3, 0.4) is 0 Å². The van der Waals surface area contributed by atoms with Crippen molar-refractivity contribution in [2.24, 2.45) is 4.99 Å². The number of carbonyl (C=O) groups excluding carboxylic acids is 1. The van der Waals surface area contributed by atoms with Crippen molar-refractivity contribution in [3.05, 3.63) is 99.6 Å². The van der Waals surface area contributed by atoms with Gasteiger partial charge in [0.05, 0.1) is 38.5 Å². The highest BCUT2D eigenvalue weighted by molar-refractivity contribution is 7.07. The van der Waals surface area contributed by atoms with E-state index < -0.39 is 12.0 Å². The summed E-state index contributed by atoms with van der Waals surface area (Å²) in [5.74, 6) is -0.564. The molecule has 0 spiro atoms. The maximum absolute atomic E-state index is 13.6. The molecule has 1 unspecified atom stereocenters. The molecule has 176 valence electrons. The number of methoxy groups -OCH3 is 1. The lowest BCUT2D eigenvalue weighted by Gasteiger charge is -2.24. The van der Waals surface area contributed by atoms with E-state index in [2.05, 4.69) is 4.99 Å². The number of allylic oxidation sites excluding steroid dienone is 1. The Labute approximate surface area is 214 Å². The van der Waals surface area contributed by atoms with Crippen LogP contribution in [0.15, 0.2) is 63.5 Å². The Hall–Kier alpha value is -2.42. The third-order valence-corrected chi connectivity index (χ3v) is 7.28. The Morgan fingerprint density at radius 1 is 1.15 bits per heavy atom. The van der Waals surface area contributed by atoms with Gasteiger partial charge in [0.1, 0.15) is 6.61 Å². The smallest absolute Gasteiger partial charge is 0.338 e. The fraction of sp³-hybridized carbons (Fsp3) is 0.208. The van der Waals surface area contributed by atoms with Crippen LogP contribution >= 0.6 is 46.1 Å². The summed E-state index contributed by atoms with van der Waals surface area (Å²) in [4.78, 5) is 31.7. The predicted octanol–water partition coefficient (Wildman–Crippen LogP) is 4.39. The fourth-order valence-electron chi connectivity index (χ4n) is 3.61. The number of nitrogens with zero attached hydrogens (tertiary/aromatic N) is 2. The van der Waals surface area contributed by atoms with Crippen molar-refractivity contribution in [1.82, 2.24) is 4.57 Å². The van der Waals surface area contributed by atoms with Gasteiger partial charge in [0.15, 0.2) is 4.80 Å². The van der Waals surface area contributed by atoms with E-state index in [-0.39, 0.29) is 24.3 Å². The zero-order valence-electron chi connectivity index (χ0n) is 18.2. The summed E-state index contributed by atoms with van der Waals surface area (Å²) < 4.78 is 12.3. The number of benzene rings is 2. The van der Waals surface area contributed by atoms with Crippen LogP contribution < -0.4 is 14.9 Å². The Morgan fingerprint density at radius 3 is 2.59 bits per heavy atom. The molecule has 3 aromatic rings. The molecule has 0 fully saturated rings. The van der Waals surface area contributed by atoms with Gasteiger partial charge in [0.25, 0.3) is 5.56 Å². The number of hydrogen-bond acceptors (Lipinski definition) is 6. The average molecular weight is 538 g/mol. The molecule has 4 rings (SSSR count). The van der Waals surface area contributed by atoms with E-state index in [9.17, 15) is 9.59 Å². The first-order chi connectivity index (χ1) is 16.3. The molecule has 0 saturated heterocycles. The monoisotopic (exact) mass is 536 g/mol. The average Bonchev–Trinajstić information content (AvgIpc) is 3.11. The summed E-state index contributed by atoms with van der Waals surface area (Å²) in [6.07, 6.45) is 1.67. The highest BCUT2D eigenvalue weighted by Crippen LogP contribution is 2.31. The first-order valence-electron chi connectivity index (χ1n) is 10.2. The molecule has 1 aliphatic rings. The van der Waals surface area contributed by atoms with Gasteiger partial charge in [-0.3, -0.25) is 9.36 Å². The van der Waals surface area contributed by atoms with E-state index in [0.717, 1.165) is 0 Å².